The number of nitrogens with zero attached hydrogens (tertiary/aromatic N) is 1. The number of hydrogen-bond donors (Lipinski definition) is 5. The standard InChI is InChI=1S/C34H55N3O6S2/c1-20(2)16-23-12-15-42-31-24(17-23)18-35-27(31)33(41)36-26(32-29(39)28(38)30(40)34(43-32)44-4)21(3)45-25-10-8-22(9-11-25)19-37-13-6-5-7-14-37/h8-11,20-21,23-24,26-32,34-35,38-40H,5-7,12-19H2,1-4H3,(H,36,41)/t21-,23-,24-,26+,27-,28?,29?,30+,31+,32+,34?/m0/s1. The van der Waals surface area contributed by atoms with Gasteiger partial charge in [0.05, 0.1) is 12.1 Å². The summed E-state index contributed by atoms with van der Waals surface area (Å²) in [7, 11) is 0. The number of rotatable bonds is 11. The van der Waals surface area contributed by atoms with Crippen LogP contribution < -0.4 is 10.6 Å². The second-order valence-corrected chi connectivity index (χ2v) is 16.4. The van der Waals surface area contributed by atoms with Crippen LogP contribution in [0.1, 0.15) is 64.9 Å². The summed E-state index contributed by atoms with van der Waals surface area (Å²) in [5.41, 5.74) is 0.557. The molecule has 1 amide bonds. The highest BCUT2D eigenvalue weighted by Gasteiger charge is 2.50. The molecule has 11 atom stereocenters. The van der Waals surface area contributed by atoms with Gasteiger partial charge in [-0.3, -0.25) is 9.69 Å². The summed E-state index contributed by atoms with van der Waals surface area (Å²) in [6.45, 7) is 11.2. The fourth-order valence-electron chi connectivity index (χ4n) is 7.70. The summed E-state index contributed by atoms with van der Waals surface area (Å²) in [6, 6.07) is 7.45. The van der Waals surface area contributed by atoms with Crippen molar-refractivity contribution in [1.29, 1.82) is 0 Å². The van der Waals surface area contributed by atoms with Crippen LogP contribution in [0.25, 0.3) is 0 Å². The van der Waals surface area contributed by atoms with Crippen molar-refractivity contribution in [2.75, 3.05) is 32.5 Å². The van der Waals surface area contributed by atoms with E-state index in [0.717, 1.165) is 43.9 Å². The molecule has 254 valence electrons. The fourth-order valence-corrected chi connectivity index (χ4v) is 9.47. The second kappa shape index (κ2) is 16.5. The normalized spacial score (nSPS) is 35.9. The van der Waals surface area contributed by atoms with Gasteiger partial charge in [-0.1, -0.05) is 39.3 Å². The number of carbonyl (C=O) groups excluding carboxylic acids is 1. The van der Waals surface area contributed by atoms with E-state index in [9.17, 15) is 20.1 Å². The topological polar surface area (TPSA) is 124 Å². The highest BCUT2D eigenvalue weighted by molar-refractivity contribution is 8.00. The molecule has 45 heavy (non-hydrogen) atoms. The van der Waals surface area contributed by atoms with Crippen LogP contribution in [0.3, 0.4) is 0 Å². The molecule has 5 N–H and O–H groups in total. The molecule has 1 aromatic carbocycles. The van der Waals surface area contributed by atoms with E-state index in [-0.39, 0.29) is 23.2 Å². The Balaban J connectivity index is 1.30. The molecule has 4 aliphatic rings. The Bertz CT molecular complexity index is 1070. The lowest BCUT2D eigenvalue weighted by molar-refractivity contribution is -0.205. The summed E-state index contributed by atoms with van der Waals surface area (Å²) >= 11 is 2.89. The molecule has 0 radical (unpaired) electrons. The molecule has 4 aliphatic heterocycles. The molecule has 0 saturated carbocycles. The van der Waals surface area contributed by atoms with Gasteiger partial charge in [0, 0.05) is 29.8 Å². The average Bonchev–Trinajstić information content (AvgIpc) is 3.31. The van der Waals surface area contributed by atoms with Gasteiger partial charge < -0.3 is 35.4 Å². The van der Waals surface area contributed by atoms with Crippen molar-refractivity contribution in [2.24, 2.45) is 17.8 Å². The molecule has 11 heteroatoms. The van der Waals surface area contributed by atoms with Crippen LogP contribution >= 0.6 is 23.5 Å². The maximum absolute atomic E-state index is 14.0. The van der Waals surface area contributed by atoms with E-state index >= 15 is 0 Å². The van der Waals surface area contributed by atoms with Crippen LogP contribution in [0.2, 0.25) is 0 Å². The SMILES string of the molecule is CSC1O[C@H]([C@H](NC(=O)[C@H]2NC[C@@H]3C[C@H](CC(C)C)CCO[C@H]32)[C@H](C)Sc2ccc(CN3CCCCC3)cc2)C(O)C(O)[C@H]1O. The molecule has 9 nitrogen and oxygen atoms in total. The molecule has 0 spiro atoms. The number of fused-ring (bicyclic) bond motifs is 1. The van der Waals surface area contributed by atoms with Crippen molar-refractivity contribution in [2.45, 2.75) is 124 Å². The number of aliphatic hydroxyl groups is 3. The first-order valence-electron chi connectivity index (χ1n) is 17.0. The number of thioether (sulfide) groups is 2. The quantitative estimate of drug-likeness (QED) is 0.225. The van der Waals surface area contributed by atoms with Crippen molar-refractivity contribution in [3.05, 3.63) is 29.8 Å². The number of amides is 1. The largest absolute Gasteiger partial charge is 0.388 e. The number of carbonyl (C=O) groups is 1. The number of nitrogens with one attached hydrogen (secondary N) is 2. The third-order valence-corrected chi connectivity index (χ3v) is 12.1. The molecule has 0 aliphatic carbocycles. The van der Waals surface area contributed by atoms with E-state index in [4.69, 9.17) is 9.47 Å². The van der Waals surface area contributed by atoms with Crippen molar-refractivity contribution in [3.63, 3.8) is 0 Å². The number of hydrogen-bond acceptors (Lipinski definition) is 10. The van der Waals surface area contributed by atoms with Crippen LogP contribution in [-0.2, 0) is 20.8 Å². The van der Waals surface area contributed by atoms with Gasteiger partial charge >= 0.3 is 0 Å². The van der Waals surface area contributed by atoms with E-state index < -0.39 is 41.9 Å². The molecule has 5 rings (SSSR count). The third kappa shape index (κ3) is 8.97. The number of piperidine rings is 1. The maximum Gasteiger partial charge on any atom is 0.240 e. The van der Waals surface area contributed by atoms with E-state index in [1.165, 1.54) is 43.0 Å². The average molecular weight is 666 g/mol. The lowest BCUT2D eigenvalue weighted by Crippen LogP contribution is -2.65. The highest BCUT2D eigenvalue weighted by atomic mass is 32.2. The van der Waals surface area contributed by atoms with Gasteiger partial charge in [0.15, 0.2) is 0 Å². The maximum atomic E-state index is 14.0. The van der Waals surface area contributed by atoms with Crippen LogP contribution in [0.4, 0.5) is 0 Å². The minimum absolute atomic E-state index is 0.184. The zero-order valence-corrected chi connectivity index (χ0v) is 29.0. The highest BCUT2D eigenvalue weighted by Crippen LogP contribution is 2.36. The summed E-state index contributed by atoms with van der Waals surface area (Å²) in [5, 5.41) is 38.9. The van der Waals surface area contributed by atoms with Gasteiger partial charge in [-0.2, -0.15) is 0 Å². The van der Waals surface area contributed by atoms with E-state index in [1.54, 1.807) is 18.0 Å². The zero-order valence-electron chi connectivity index (χ0n) is 27.3. The Morgan fingerprint density at radius 1 is 1.07 bits per heavy atom. The van der Waals surface area contributed by atoms with Crippen molar-refractivity contribution in [3.8, 4) is 0 Å². The number of ether oxygens (including phenoxy) is 2. The van der Waals surface area contributed by atoms with Gasteiger partial charge in [-0.25, -0.2) is 0 Å². The summed E-state index contributed by atoms with van der Waals surface area (Å²) in [4.78, 5) is 17.6. The predicted octanol–water partition coefficient (Wildman–Crippen LogP) is 3.24. The molecule has 0 bridgehead atoms. The molecule has 3 unspecified atom stereocenters. The van der Waals surface area contributed by atoms with Gasteiger partial charge in [0.2, 0.25) is 5.91 Å². The summed E-state index contributed by atoms with van der Waals surface area (Å²) in [6.07, 6.45) is 3.79. The lowest BCUT2D eigenvalue weighted by atomic mass is 9.85. The number of aliphatic hydroxyl groups excluding tert-OH is 3. The number of likely N-dealkylation sites (tertiary alicyclic amines) is 1. The minimum Gasteiger partial charge on any atom is -0.388 e. The summed E-state index contributed by atoms with van der Waals surface area (Å²) < 4.78 is 12.5. The number of benzene rings is 1. The Labute approximate surface area is 278 Å². The Hall–Kier alpha value is -0.890. The summed E-state index contributed by atoms with van der Waals surface area (Å²) in [5.74, 6) is 1.32. The second-order valence-electron chi connectivity index (χ2n) is 14.0. The molecule has 4 saturated heterocycles. The van der Waals surface area contributed by atoms with Crippen molar-refractivity contribution >= 4 is 29.4 Å². The minimum atomic E-state index is -1.39. The van der Waals surface area contributed by atoms with Crippen molar-refractivity contribution < 1.29 is 29.6 Å². The molecular weight excluding hydrogens is 611 g/mol. The molecule has 1 aromatic rings. The van der Waals surface area contributed by atoms with Gasteiger partial charge in [0.25, 0.3) is 0 Å². The fraction of sp³-hybridized carbons (Fsp3) is 0.794. The van der Waals surface area contributed by atoms with E-state index in [1.807, 2.05) is 6.92 Å². The Morgan fingerprint density at radius 3 is 2.49 bits per heavy atom. The first kappa shape index (κ1) is 35.4. The van der Waals surface area contributed by atoms with E-state index in [2.05, 4.69) is 53.6 Å². The predicted molar refractivity (Wildman–Crippen MR) is 180 cm³/mol. The van der Waals surface area contributed by atoms with Gasteiger partial charge in [0.1, 0.15) is 35.9 Å². The van der Waals surface area contributed by atoms with Crippen LogP contribution in [-0.4, -0.2) is 112 Å². The van der Waals surface area contributed by atoms with Gasteiger partial charge in [-0.15, -0.1) is 23.5 Å². The van der Waals surface area contributed by atoms with Gasteiger partial charge in [-0.05, 0) is 86.9 Å². The smallest absolute Gasteiger partial charge is 0.240 e. The molecule has 0 aromatic heterocycles. The molecule has 4 heterocycles. The Kier molecular flexibility index (Phi) is 13.0. The van der Waals surface area contributed by atoms with Crippen LogP contribution in [0.15, 0.2) is 29.2 Å². The first-order valence-corrected chi connectivity index (χ1v) is 19.2. The third-order valence-electron chi connectivity index (χ3n) is 10.1. The molecular formula is C34H55N3O6S2. The van der Waals surface area contributed by atoms with E-state index in [0.29, 0.717) is 18.4 Å². The lowest BCUT2D eigenvalue weighted by Gasteiger charge is -2.44. The van der Waals surface area contributed by atoms with Crippen LogP contribution in [0.5, 0.6) is 0 Å². The monoisotopic (exact) mass is 665 g/mol. The Morgan fingerprint density at radius 2 is 1.80 bits per heavy atom. The van der Waals surface area contributed by atoms with Crippen molar-refractivity contribution in [1.82, 2.24) is 15.5 Å². The molecule has 4 fully saturated rings. The zero-order chi connectivity index (χ0) is 32.1. The first-order chi connectivity index (χ1) is 21.6. The van der Waals surface area contributed by atoms with Crippen LogP contribution in [0, 0.1) is 17.8 Å².